The topological polar surface area (TPSA) is 148 Å². The number of nitrogens with zero attached hydrogens (tertiary/aromatic N) is 2. The number of rotatable bonds is 11. The number of para-hydroxylation sites is 1. The first kappa shape index (κ1) is 29.9. The summed E-state index contributed by atoms with van der Waals surface area (Å²) in [5.41, 5.74) is 3.14. The number of fused-ring (bicyclic) bond motifs is 1. The highest BCUT2D eigenvalue weighted by molar-refractivity contribution is 6.43. The smallest absolute Gasteiger partial charge is 0.464 e. The van der Waals surface area contributed by atoms with Crippen LogP contribution >= 0.6 is 0 Å². The quantitative estimate of drug-likeness (QED) is 0.161. The molecule has 1 atom stereocenters. The van der Waals surface area contributed by atoms with E-state index in [2.05, 4.69) is 16.7 Å². The number of hydrogen-bond acceptors (Lipinski definition) is 7. The average molecular weight is 558 g/mol. The Hall–Kier alpha value is -4.11. The first-order chi connectivity index (χ1) is 19.9. The molecule has 0 saturated carbocycles. The van der Waals surface area contributed by atoms with Crippen molar-refractivity contribution in [3.05, 3.63) is 77.1 Å². The van der Waals surface area contributed by atoms with Gasteiger partial charge >= 0.3 is 13.1 Å². The molecular formula is C30H35BN4O6. The third-order valence-electron chi connectivity index (χ3n) is 7.22. The number of likely N-dealkylation sites (N-methyl/N-ethyl adjacent to an activating group) is 1. The van der Waals surface area contributed by atoms with E-state index in [9.17, 15) is 24.9 Å². The molecule has 0 aliphatic carbocycles. The molecule has 214 valence electrons. The highest BCUT2D eigenvalue weighted by Crippen LogP contribution is 2.22. The molecule has 1 fully saturated rings. The van der Waals surface area contributed by atoms with Gasteiger partial charge in [-0.25, -0.2) is 4.79 Å². The van der Waals surface area contributed by atoms with Crippen LogP contribution in [0.3, 0.4) is 0 Å². The fourth-order valence-electron chi connectivity index (χ4n) is 5.06. The number of amides is 3. The van der Waals surface area contributed by atoms with E-state index in [1.807, 2.05) is 55.5 Å². The molecule has 4 N–H and O–H groups in total. The molecule has 1 aliphatic heterocycles. The van der Waals surface area contributed by atoms with Crippen LogP contribution in [0.25, 0.3) is 17.0 Å². The van der Waals surface area contributed by atoms with Crippen LogP contribution in [0.1, 0.15) is 36.5 Å². The standard InChI is InChI=1S/C30H35BN4O6/c1-2-35(25-11-14-40-15-12-25)29(36)23(19-32)17-22-7-5-6-21(16-22)10-13-33-30(37)34-28(31(38)39)18-24-20-41-27-9-4-3-8-26(24)27/h3-9,16-17,20,25,28,38-39H,2,10-15,18H2,1H3,(H2,33,34,37)/t28-/m0/s1. The van der Waals surface area contributed by atoms with E-state index in [4.69, 9.17) is 9.15 Å². The Kier molecular flexibility index (Phi) is 10.6. The maximum atomic E-state index is 13.1. The van der Waals surface area contributed by atoms with Gasteiger partial charge in [-0.1, -0.05) is 42.5 Å². The Morgan fingerprint density at radius 2 is 1.98 bits per heavy atom. The summed E-state index contributed by atoms with van der Waals surface area (Å²) in [6.45, 7) is 3.94. The van der Waals surface area contributed by atoms with Gasteiger partial charge in [0.1, 0.15) is 17.2 Å². The second-order valence-corrected chi connectivity index (χ2v) is 9.98. The van der Waals surface area contributed by atoms with Gasteiger partial charge in [0.15, 0.2) is 0 Å². The number of hydrogen-bond donors (Lipinski definition) is 4. The Balaban J connectivity index is 1.32. The van der Waals surface area contributed by atoms with Crippen LogP contribution < -0.4 is 10.6 Å². The number of nitrogens with one attached hydrogen (secondary N) is 2. The third kappa shape index (κ3) is 7.98. The van der Waals surface area contributed by atoms with E-state index in [0.717, 1.165) is 34.9 Å². The molecule has 2 heterocycles. The highest BCUT2D eigenvalue weighted by Gasteiger charge is 2.28. The summed E-state index contributed by atoms with van der Waals surface area (Å²) in [5.74, 6) is -1.22. The minimum atomic E-state index is -1.76. The van der Waals surface area contributed by atoms with Crippen LogP contribution in [0.5, 0.6) is 0 Å². The predicted molar refractivity (Wildman–Crippen MR) is 155 cm³/mol. The van der Waals surface area contributed by atoms with Gasteiger partial charge in [-0.15, -0.1) is 0 Å². The van der Waals surface area contributed by atoms with Crippen molar-refractivity contribution in [3.63, 3.8) is 0 Å². The molecule has 41 heavy (non-hydrogen) atoms. The van der Waals surface area contributed by atoms with Crippen molar-refractivity contribution < 1.29 is 28.8 Å². The Morgan fingerprint density at radius 1 is 1.20 bits per heavy atom. The molecule has 1 aliphatic rings. The predicted octanol–water partition coefficient (Wildman–Crippen LogP) is 2.83. The molecule has 1 aromatic heterocycles. The highest BCUT2D eigenvalue weighted by atomic mass is 16.5. The van der Waals surface area contributed by atoms with Crippen molar-refractivity contribution in [2.24, 2.45) is 0 Å². The molecule has 3 amide bonds. The van der Waals surface area contributed by atoms with Crippen LogP contribution in [0, 0.1) is 11.3 Å². The van der Waals surface area contributed by atoms with E-state index >= 15 is 0 Å². The largest absolute Gasteiger partial charge is 0.475 e. The number of nitriles is 1. The molecule has 0 unspecified atom stereocenters. The molecule has 4 rings (SSSR count). The van der Waals surface area contributed by atoms with E-state index in [1.54, 1.807) is 17.2 Å². The molecule has 3 aromatic rings. The van der Waals surface area contributed by atoms with Gasteiger partial charge in [0.2, 0.25) is 0 Å². The maximum absolute atomic E-state index is 13.1. The molecule has 1 saturated heterocycles. The zero-order valence-electron chi connectivity index (χ0n) is 23.1. The third-order valence-corrected chi connectivity index (χ3v) is 7.22. The summed E-state index contributed by atoms with van der Waals surface area (Å²) in [6, 6.07) is 16.4. The van der Waals surface area contributed by atoms with Gasteiger partial charge < -0.3 is 34.7 Å². The monoisotopic (exact) mass is 558 g/mol. The first-order valence-electron chi connectivity index (χ1n) is 13.8. The van der Waals surface area contributed by atoms with Gasteiger partial charge in [-0.3, -0.25) is 4.79 Å². The second-order valence-electron chi connectivity index (χ2n) is 9.98. The normalized spacial score (nSPS) is 14.7. The Morgan fingerprint density at radius 3 is 2.71 bits per heavy atom. The van der Waals surface area contributed by atoms with Crippen LogP contribution in [0.15, 0.2) is 64.8 Å². The fourth-order valence-corrected chi connectivity index (χ4v) is 5.06. The SMILES string of the molecule is CCN(C(=O)C(C#N)=Cc1cccc(CCNC(=O)N[C@@H](Cc2coc3ccccc23)B(O)O)c1)C1CCOCC1. The van der Waals surface area contributed by atoms with Crippen molar-refractivity contribution in [1.29, 1.82) is 5.26 Å². The molecule has 10 nitrogen and oxygen atoms in total. The Labute approximate surface area is 239 Å². The minimum absolute atomic E-state index is 0.0622. The van der Waals surface area contributed by atoms with E-state index in [1.165, 1.54) is 0 Å². The minimum Gasteiger partial charge on any atom is -0.464 e. The van der Waals surface area contributed by atoms with Crippen molar-refractivity contribution >= 4 is 36.1 Å². The van der Waals surface area contributed by atoms with Crippen LogP contribution in [0.2, 0.25) is 0 Å². The Bertz CT molecular complexity index is 1410. The number of urea groups is 1. The van der Waals surface area contributed by atoms with Crippen molar-refractivity contribution in [1.82, 2.24) is 15.5 Å². The van der Waals surface area contributed by atoms with Gasteiger partial charge in [-0.2, -0.15) is 5.26 Å². The number of ether oxygens (including phenoxy) is 1. The maximum Gasteiger partial charge on any atom is 0.475 e. The lowest BCUT2D eigenvalue weighted by Crippen LogP contribution is -2.51. The van der Waals surface area contributed by atoms with Crippen molar-refractivity contribution in [3.8, 4) is 6.07 Å². The van der Waals surface area contributed by atoms with Crippen LogP contribution in [-0.4, -0.2) is 72.3 Å². The first-order valence-corrected chi connectivity index (χ1v) is 13.8. The van der Waals surface area contributed by atoms with E-state index in [0.29, 0.717) is 38.3 Å². The second kappa shape index (κ2) is 14.5. The molecule has 0 radical (unpaired) electrons. The molecule has 2 aromatic carbocycles. The molecule has 11 heteroatoms. The summed E-state index contributed by atoms with van der Waals surface area (Å²) in [4.78, 5) is 27.4. The van der Waals surface area contributed by atoms with E-state index in [-0.39, 0.29) is 23.9 Å². The van der Waals surface area contributed by atoms with Crippen LogP contribution in [-0.2, 0) is 22.4 Å². The number of furan rings is 1. The average Bonchev–Trinajstić information content (AvgIpc) is 3.39. The van der Waals surface area contributed by atoms with Gasteiger partial charge in [-0.05, 0) is 61.4 Å². The van der Waals surface area contributed by atoms with Crippen molar-refractivity contribution in [2.45, 2.75) is 44.6 Å². The lowest BCUT2D eigenvalue weighted by atomic mass is 9.76. The molecular weight excluding hydrogens is 523 g/mol. The number of benzene rings is 2. The molecule has 0 bridgehead atoms. The summed E-state index contributed by atoms with van der Waals surface area (Å²) in [5, 5.41) is 35.6. The number of carbonyl (C=O) groups excluding carboxylic acids is 2. The van der Waals surface area contributed by atoms with Crippen molar-refractivity contribution in [2.75, 3.05) is 26.3 Å². The van der Waals surface area contributed by atoms with Gasteiger partial charge in [0.05, 0.1) is 12.2 Å². The summed E-state index contributed by atoms with van der Waals surface area (Å²) in [6.07, 6.45) is 5.34. The van der Waals surface area contributed by atoms with Gasteiger partial charge in [0.25, 0.3) is 5.91 Å². The summed E-state index contributed by atoms with van der Waals surface area (Å²) in [7, 11) is -1.76. The fraction of sp³-hybridized carbons (Fsp3) is 0.367. The molecule has 0 spiro atoms. The lowest BCUT2D eigenvalue weighted by molar-refractivity contribution is -0.130. The summed E-state index contributed by atoms with van der Waals surface area (Å²) >= 11 is 0. The lowest BCUT2D eigenvalue weighted by Gasteiger charge is -2.33. The van der Waals surface area contributed by atoms with Crippen LogP contribution in [0.4, 0.5) is 4.79 Å². The zero-order chi connectivity index (χ0) is 29.2. The number of carbonyl (C=O) groups is 2. The zero-order valence-corrected chi connectivity index (χ0v) is 23.1. The van der Waals surface area contributed by atoms with E-state index < -0.39 is 19.1 Å². The summed E-state index contributed by atoms with van der Waals surface area (Å²) < 4.78 is 10.9. The van der Waals surface area contributed by atoms with Gasteiger partial charge in [0, 0.05) is 37.7 Å².